The number of hydrogen-bond donors (Lipinski definition) is 1. The van der Waals surface area contributed by atoms with Gasteiger partial charge in [0, 0.05) is 37.3 Å². The Morgan fingerprint density at radius 2 is 1.57 bits per heavy atom. The predicted octanol–water partition coefficient (Wildman–Crippen LogP) is 3.26. The summed E-state index contributed by atoms with van der Waals surface area (Å²) >= 11 is 11.8. The molecule has 0 aromatic heterocycles. The lowest BCUT2D eigenvalue weighted by Gasteiger charge is -2.36. The van der Waals surface area contributed by atoms with Crippen molar-refractivity contribution in [2.24, 2.45) is 0 Å². The third-order valence-electron chi connectivity index (χ3n) is 3.50. The highest BCUT2D eigenvalue weighted by molar-refractivity contribution is 6.42. The van der Waals surface area contributed by atoms with Crippen molar-refractivity contribution in [3.8, 4) is 0 Å². The van der Waals surface area contributed by atoms with Crippen molar-refractivity contribution >= 4 is 35.1 Å². The molecule has 1 aromatic carbocycles. The number of urea groups is 1. The van der Waals surface area contributed by atoms with Gasteiger partial charge >= 0.3 is 6.03 Å². The van der Waals surface area contributed by atoms with E-state index in [-0.39, 0.29) is 17.5 Å². The summed E-state index contributed by atoms with van der Waals surface area (Å²) in [4.78, 5) is 28.0. The van der Waals surface area contributed by atoms with Crippen LogP contribution in [0.3, 0.4) is 0 Å². The molecule has 1 saturated heterocycles. The lowest BCUT2D eigenvalue weighted by Crippen LogP contribution is -2.56. The number of piperazine rings is 1. The Morgan fingerprint density at radius 1 is 1.00 bits per heavy atom. The zero-order chi connectivity index (χ0) is 17.2. The standard InChI is InChI=1S/C16H21Cl2N3O2/c1-16(2,3)19-15(23)21-8-6-20(7-9-21)14(22)11-4-5-12(17)13(18)10-11/h4-5,10H,6-9H2,1-3H3,(H,19,23). The van der Waals surface area contributed by atoms with Crippen LogP contribution in [-0.2, 0) is 0 Å². The number of carbonyl (C=O) groups excluding carboxylic acids is 2. The van der Waals surface area contributed by atoms with Gasteiger partial charge in [-0.15, -0.1) is 0 Å². The van der Waals surface area contributed by atoms with Crippen molar-refractivity contribution in [2.75, 3.05) is 26.2 Å². The fourth-order valence-electron chi connectivity index (χ4n) is 2.32. The molecule has 23 heavy (non-hydrogen) atoms. The van der Waals surface area contributed by atoms with Gasteiger partial charge in [-0.1, -0.05) is 23.2 Å². The minimum atomic E-state index is -0.274. The lowest BCUT2D eigenvalue weighted by atomic mass is 10.1. The van der Waals surface area contributed by atoms with Crippen molar-refractivity contribution < 1.29 is 9.59 Å². The number of nitrogens with zero attached hydrogens (tertiary/aromatic N) is 2. The number of hydrogen-bond acceptors (Lipinski definition) is 2. The largest absolute Gasteiger partial charge is 0.335 e. The minimum Gasteiger partial charge on any atom is -0.335 e. The van der Waals surface area contributed by atoms with Gasteiger partial charge in [0.05, 0.1) is 10.0 Å². The van der Waals surface area contributed by atoms with Crippen LogP contribution in [0, 0.1) is 0 Å². The Kier molecular flexibility index (Phi) is 5.42. The highest BCUT2D eigenvalue weighted by Crippen LogP contribution is 2.23. The predicted molar refractivity (Wildman–Crippen MR) is 92.2 cm³/mol. The van der Waals surface area contributed by atoms with Gasteiger partial charge in [0.25, 0.3) is 5.91 Å². The molecular formula is C16H21Cl2N3O2. The summed E-state index contributed by atoms with van der Waals surface area (Å²) in [5.74, 6) is -0.0977. The third kappa shape index (κ3) is 4.75. The van der Waals surface area contributed by atoms with Crippen molar-refractivity contribution in [3.05, 3.63) is 33.8 Å². The van der Waals surface area contributed by atoms with Crippen molar-refractivity contribution in [1.82, 2.24) is 15.1 Å². The molecule has 1 aromatic rings. The number of halogens is 2. The SMILES string of the molecule is CC(C)(C)NC(=O)N1CCN(C(=O)c2ccc(Cl)c(Cl)c2)CC1. The van der Waals surface area contributed by atoms with Crippen LogP contribution >= 0.6 is 23.2 Å². The van der Waals surface area contributed by atoms with Gasteiger partial charge in [-0.05, 0) is 39.0 Å². The molecule has 3 amide bonds. The number of rotatable bonds is 1. The van der Waals surface area contributed by atoms with E-state index in [1.54, 1.807) is 28.0 Å². The smallest absolute Gasteiger partial charge is 0.317 e. The Balaban J connectivity index is 1.94. The molecule has 0 atom stereocenters. The lowest BCUT2D eigenvalue weighted by molar-refractivity contribution is 0.0661. The molecule has 1 N–H and O–H groups in total. The maximum atomic E-state index is 12.5. The summed E-state index contributed by atoms with van der Waals surface area (Å²) in [7, 11) is 0. The molecule has 0 spiro atoms. The van der Waals surface area contributed by atoms with Gasteiger partial charge in [-0.25, -0.2) is 4.79 Å². The van der Waals surface area contributed by atoms with Crippen LogP contribution in [0.1, 0.15) is 31.1 Å². The fourth-order valence-corrected chi connectivity index (χ4v) is 2.62. The monoisotopic (exact) mass is 357 g/mol. The van der Waals surface area contributed by atoms with Gasteiger partial charge < -0.3 is 15.1 Å². The summed E-state index contributed by atoms with van der Waals surface area (Å²) in [6, 6.07) is 4.75. The first-order valence-corrected chi connectivity index (χ1v) is 8.24. The van der Waals surface area contributed by atoms with Crippen molar-refractivity contribution in [3.63, 3.8) is 0 Å². The normalized spacial score (nSPS) is 15.5. The van der Waals surface area contributed by atoms with Crippen LogP contribution in [0.5, 0.6) is 0 Å². The van der Waals surface area contributed by atoms with Crippen LogP contribution in [0.2, 0.25) is 10.0 Å². The van der Waals surface area contributed by atoms with Gasteiger partial charge in [0.1, 0.15) is 0 Å². The molecule has 0 radical (unpaired) electrons. The summed E-state index contributed by atoms with van der Waals surface area (Å²) in [5, 5.41) is 3.71. The Bertz CT molecular complexity index is 606. The zero-order valence-corrected chi connectivity index (χ0v) is 15.0. The summed E-state index contributed by atoms with van der Waals surface area (Å²) < 4.78 is 0. The summed E-state index contributed by atoms with van der Waals surface area (Å²) in [5.41, 5.74) is 0.233. The summed E-state index contributed by atoms with van der Waals surface area (Å²) in [6.45, 7) is 7.83. The minimum absolute atomic E-state index is 0.0977. The molecule has 1 fully saturated rings. The van der Waals surface area contributed by atoms with Crippen LogP contribution in [-0.4, -0.2) is 53.5 Å². The number of nitrogens with one attached hydrogen (secondary N) is 1. The quantitative estimate of drug-likeness (QED) is 0.838. The van der Waals surface area contributed by atoms with E-state index >= 15 is 0 Å². The van der Waals surface area contributed by atoms with Gasteiger partial charge in [0.15, 0.2) is 0 Å². The molecule has 1 aliphatic heterocycles. The molecule has 0 aliphatic carbocycles. The molecule has 7 heteroatoms. The Labute approximate surface area is 146 Å². The van der Waals surface area contributed by atoms with E-state index < -0.39 is 0 Å². The topological polar surface area (TPSA) is 52.7 Å². The molecule has 0 saturated carbocycles. The second-order valence-corrected chi connectivity index (χ2v) is 7.40. The van der Waals surface area contributed by atoms with Crippen molar-refractivity contribution in [1.29, 1.82) is 0 Å². The highest BCUT2D eigenvalue weighted by atomic mass is 35.5. The van der Waals surface area contributed by atoms with Crippen LogP contribution in [0.25, 0.3) is 0 Å². The molecule has 1 heterocycles. The van der Waals surface area contributed by atoms with Gasteiger partial charge in [-0.3, -0.25) is 4.79 Å². The maximum absolute atomic E-state index is 12.5. The van der Waals surface area contributed by atoms with E-state index in [0.29, 0.717) is 41.8 Å². The molecule has 126 valence electrons. The maximum Gasteiger partial charge on any atom is 0.317 e. The second kappa shape index (κ2) is 6.97. The van der Waals surface area contributed by atoms with Crippen LogP contribution in [0.4, 0.5) is 4.79 Å². The summed E-state index contributed by atoms with van der Waals surface area (Å²) in [6.07, 6.45) is 0. The van der Waals surface area contributed by atoms with E-state index in [9.17, 15) is 9.59 Å². The Hall–Kier alpha value is -1.46. The first-order chi connectivity index (χ1) is 10.7. The average molecular weight is 358 g/mol. The van der Waals surface area contributed by atoms with E-state index in [1.165, 1.54) is 0 Å². The molecule has 0 bridgehead atoms. The van der Waals surface area contributed by atoms with Gasteiger partial charge in [0.2, 0.25) is 0 Å². The highest BCUT2D eigenvalue weighted by Gasteiger charge is 2.26. The van der Waals surface area contributed by atoms with E-state index in [4.69, 9.17) is 23.2 Å². The second-order valence-electron chi connectivity index (χ2n) is 6.59. The van der Waals surface area contributed by atoms with Crippen LogP contribution < -0.4 is 5.32 Å². The molecule has 5 nitrogen and oxygen atoms in total. The number of amides is 3. The fraction of sp³-hybridized carbons (Fsp3) is 0.500. The molecule has 0 unspecified atom stereocenters. The number of benzene rings is 1. The third-order valence-corrected chi connectivity index (χ3v) is 4.24. The van der Waals surface area contributed by atoms with Gasteiger partial charge in [-0.2, -0.15) is 0 Å². The van der Waals surface area contributed by atoms with Crippen LogP contribution in [0.15, 0.2) is 18.2 Å². The van der Waals surface area contributed by atoms with E-state index in [0.717, 1.165) is 0 Å². The molecule has 2 rings (SSSR count). The van der Waals surface area contributed by atoms with E-state index in [2.05, 4.69) is 5.32 Å². The molecular weight excluding hydrogens is 337 g/mol. The average Bonchev–Trinajstić information content (AvgIpc) is 2.48. The zero-order valence-electron chi connectivity index (χ0n) is 13.5. The first kappa shape index (κ1) is 17.9. The Morgan fingerprint density at radius 3 is 2.09 bits per heavy atom. The molecule has 1 aliphatic rings. The van der Waals surface area contributed by atoms with E-state index in [1.807, 2.05) is 20.8 Å². The first-order valence-electron chi connectivity index (χ1n) is 7.49. The van der Waals surface area contributed by atoms with Crippen molar-refractivity contribution in [2.45, 2.75) is 26.3 Å². The number of carbonyl (C=O) groups is 2.